The largest absolute Gasteiger partial charge is 0.493 e. The molecule has 0 unspecified atom stereocenters. The molecular formula is C40H50ClF2N5O4. The topological polar surface area (TPSA) is 77.6 Å². The molecule has 3 aromatic rings. The van der Waals surface area contributed by atoms with E-state index in [4.69, 9.17) is 21.1 Å². The van der Waals surface area contributed by atoms with Crippen LogP contribution in [0, 0.1) is 11.7 Å². The number of piperazine rings is 1. The van der Waals surface area contributed by atoms with Gasteiger partial charge in [-0.1, -0.05) is 48.0 Å². The van der Waals surface area contributed by atoms with Gasteiger partial charge in [0.05, 0.1) is 6.61 Å². The molecule has 3 aliphatic heterocycles. The fourth-order valence-corrected chi connectivity index (χ4v) is 7.79. The highest BCUT2D eigenvalue weighted by atomic mass is 35.5. The third kappa shape index (κ3) is 9.93. The van der Waals surface area contributed by atoms with Crippen LogP contribution in [-0.2, 0) is 29.1 Å². The van der Waals surface area contributed by atoms with Crippen LogP contribution in [-0.4, -0.2) is 104 Å². The molecule has 0 radical (unpaired) electrons. The molecule has 3 aromatic carbocycles. The van der Waals surface area contributed by atoms with Gasteiger partial charge in [0.2, 0.25) is 5.91 Å². The van der Waals surface area contributed by atoms with Crippen molar-refractivity contribution in [3.8, 4) is 5.75 Å². The van der Waals surface area contributed by atoms with Crippen LogP contribution in [0.5, 0.6) is 5.75 Å². The quantitative estimate of drug-likeness (QED) is 0.220. The molecular weight excluding hydrogens is 688 g/mol. The molecule has 3 saturated heterocycles. The molecule has 0 saturated carbocycles. The van der Waals surface area contributed by atoms with E-state index in [0.29, 0.717) is 75.2 Å². The van der Waals surface area contributed by atoms with Crippen molar-refractivity contribution in [2.45, 2.75) is 58.0 Å². The summed E-state index contributed by atoms with van der Waals surface area (Å²) in [5.74, 6) is 0.0610. The van der Waals surface area contributed by atoms with Crippen molar-refractivity contribution in [1.82, 2.24) is 20.0 Å². The third-order valence-electron chi connectivity index (χ3n) is 10.5. The van der Waals surface area contributed by atoms with Crippen LogP contribution >= 0.6 is 11.6 Å². The van der Waals surface area contributed by atoms with Crippen LogP contribution in [0.2, 0.25) is 5.02 Å². The van der Waals surface area contributed by atoms with Crippen molar-refractivity contribution in [2.24, 2.45) is 5.92 Å². The molecule has 9 nitrogen and oxygen atoms in total. The van der Waals surface area contributed by atoms with Gasteiger partial charge in [0.25, 0.3) is 0 Å². The highest BCUT2D eigenvalue weighted by Crippen LogP contribution is 2.30. The molecule has 280 valence electrons. The van der Waals surface area contributed by atoms with Gasteiger partial charge < -0.3 is 29.5 Å². The van der Waals surface area contributed by atoms with E-state index in [1.807, 2.05) is 60.4 Å². The number of hydrogen-bond acceptors (Lipinski definition) is 7. The Hall–Kier alpha value is -3.93. The maximum atomic E-state index is 14.8. The summed E-state index contributed by atoms with van der Waals surface area (Å²) in [6.07, 6.45) is 1.38. The summed E-state index contributed by atoms with van der Waals surface area (Å²) in [7, 11) is 0. The van der Waals surface area contributed by atoms with Crippen molar-refractivity contribution < 1.29 is 27.8 Å². The van der Waals surface area contributed by atoms with Gasteiger partial charge in [0.1, 0.15) is 30.4 Å². The van der Waals surface area contributed by atoms with Gasteiger partial charge in [0.15, 0.2) is 0 Å². The second kappa shape index (κ2) is 18.2. The number of nitrogens with zero attached hydrogens (tertiary/aromatic N) is 4. The smallest absolute Gasteiger partial charge is 0.408 e. The molecule has 2 amide bonds. The number of nitrogens with one attached hydrogen (secondary N) is 1. The first-order valence-corrected chi connectivity index (χ1v) is 18.9. The highest BCUT2D eigenvalue weighted by molar-refractivity contribution is 6.30. The summed E-state index contributed by atoms with van der Waals surface area (Å²) in [5.41, 5.74) is 3.55. The summed E-state index contributed by atoms with van der Waals surface area (Å²) < 4.78 is 40.0. The molecule has 3 fully saturated rings. The summed E-state index contributed by atoms with van der Waals surface area (Å²) in [6, 6.07) is 19.5. The fourth-order valence-electron chi connectivity index (χ4n) is 7.59. The molecule has 0 bridgehead atoms. The molecule has 52 heavy (non-hydrogen) atoms. The van der Waals surface area contributed by atoms with Crippen LogP contribution in [0.15, 0.2) is 66.7 Å². The Bertz CT molecular complexity index is 1640. The van der Waals surface area contributed by atoms with Gasteiger partial charge >= 0.3 is 6.09 Å². The molecule has 0 spiro atoms. The standard InChI is InChI=1S/C40H50ClF2N5O4/c1-2-51-37-10-6-9-35(43)34(37)27-46-21-23-47(24-22-46)39(49)38(44-40(50)52-28-29-7-4-3-5-8-29)30-13-17-45(18-14-30)19-15-31-25-32(41)11-12-36(31)48-20-16-33(42)26-48/h3-12,25,30,33,38H,2,13-24,26-28H2,1H3,(H,44,50)/t33-,38-/m1/s1. The number of piperidine rings is 1. The molecule has 12 heteroatoms. The summed E-state index contributed by atoms with van der Waals surface area (Å²) >= 11 is 6.38. The zero-order chi connectivity index (χ0) is 36.5. The molecule has 3 heterocycles. The molecule has 0 aromatic heterocycles. The number of ether oxygens (including phenoxy) is 2. The Morgan fingerprint density at radius 1 is 0.923 bits per heavy atom. The number of halogens is 3. The third-order valence-corrected chi connectivity index (χ3v) is 10.7. The first-order valence-electron chi connectivity index (χ1n) is 18.6. The van der Waals surface area contributed by atoms with Gasteiger partial charge in [-0.15, -0.1) is 0 Å². The van der Waals surface area contributed by atoms with Crippen LogP contribution < -0.4 is 15.0 Å². The van der Waals surface area contributed by atoms with Gasteiger partial charge in [-0.3, -0.25) is 9.69 Å². The summed E-state index contributed by atoms with van der Waals surface area (Å²) in [4.78, 5) is 35.8. The lowest BCUT2D eigenvalue weighted by molar-refractivity contribution is -0.137. The molecule has 3 aliphatic rings. The first kappa shape index (κ1) is 37.8. The Balaban J connectivity index is 1.07. The number of alkyl carbamates (subject to hydrolysis) is 1. The Morgan fingerprint density at radius 2 is 1.69 bits per heavy atom. The lowest BCUT2D eigenvalue weighted by Gasteiger charge is -2.40. The Labute approximate surface area is 310 Å². The number of benzene rings is 3. The number of carbonyl (C=O) groups excluding carboxylic acids is 2. The van der Waals surface area contributed by atoms with Crippen molar-refractivity contribution in [3.63, 3.8) is 0 Å². The van der Waals surface area contributed by atoms with E-state index in [1.165, 1.54) is 6.07 Å². The van der Waals surface area contributed by atoms with Gasteiger partial charge in [0, 0.05) is 68.6 Å². The molecule has 6 rings (SSSR count). The number of hydrogen-bond donors (Lipinski definition) is 1. The lowest BCUT2D eigenvalue weighted by atomic mass is 9.88. The number of likely N-dealkylation sites (tertiary alicyclic amines) is 1. The maximum Gasteiger partial charge on any atom is 0.408 e. The van der Waals surface area contributed by atoms with Crippen molar-refractivity contribution in [2.75, 3.05) is 70.4 Å². The van der Waals surface area contributed by atoms with Gasteiger partial charge in [-0.05, 0) is 93.1 Å². The normalized spacial score (nSPS) is 19.4. The lowest BCUT2D eigenvalue weighted by Crippen LogP contribution is -2.58. The second-order valence-corrected chi connectivity index (χ2v) is 14.4. The monoisotopic (exact) mass is 737 g/mol. The summed E-state index contributed by atoms with van der Waals surface area (Å²) in [6.45, 7) is 8.38. The van der Waals surface area contributed by atoms with E-state index in [2.05, 4.69) is 20.0 Å². The van der Waals surface area contributed by atoms with Gasteiger partial charge in [-0.25, -0.2) is 13.6 Å². The van der Waals surface area contributed by atoms with Crippen LogP contribution in [0.25, 0.3) is 0 Å². The van der Waals surface area contributed by atoms with E-state index in [-0.39, 0.29) is 24.2 Å². The molecule has 0 aliphatic carbocycles. The van der Waals surface area contributed by atoms with E-state index in [9.17, 15) is 18.4 Å². The molecule has 1 N–H and O–H groups in total. The SMILES string of the molecule is CCOc1cccc(F)c1CN1CCN(C(=O)[C@H](NC(=O)OCc2ccccc2)C2CCN(CCc3cc(Cl)ccc3N3CC[C@@H](F)C3)CC2)CC1. The number of alkyl halides is 1. The number of rotatable bonds is 13. The Morgan fingerprint density at radius 3 is 2.40 bits per heavy atom. The summed E-state index contributed by atoms with van der Waals surface area (Å²) in [5, 5.41) is 3.62. The van der Waals surface area contributed by atoms with E-state index < -0.39 is 18.3 Å². The van der Waals surface area contributed by atoms with E-state index in [0.717, 1.165) is 55.7 Å². The van der Waals surface area contributed by atoms with Crippen molar-refractivity contribution in [1.29, 1.82) is 0 Å². The predicted octanol–water partition coefficient (Wildman–Crippen LogP) is 6.32. The predicted molar refractivity (Wildman–Crippen MR) is 199 cm³/mol. The van der Waals surface area contributed by atoms with Crippen molar-refractivity contribution in [3.05, 3.63) is 94.3 Å². The zero-order valence-electron chi connectivity index (χ0n) is 30.0. The molecule has 2 atom stereocenters. The number of amides is 2. The van der Waals surface area contributed by atoms with Gasteiger partial charge in [-0.2, -0.15) is 0 Å². The van der Waals surface area contributed by atoms with Crippen LogP contribution in [0.3, 0.4) is 0 Å². The van der Waals surface area contributed by atoms with Crippen LogP contribution in [0.1, 0.15) is 42.9 Å². The zero-order valence-corrected chi connectivity index (χ0v) is 30.7. The second-order valence-electron chi connectivity index (χ2n) is 14.0. The van der Waals surface area contributed by atoms with Crippen LogP contribution in [0.4, 0.5) is 19.3 Å². The minimum absolute atomic E-state index is 0.0639. The maximum absolute atomic E-state index is 14.8. The Kier molecular flexibility index (Phi) is 13.2. The number of anilines is 1. The average Bonchev–Trinajstić information content (AvgIpc) is 3.60. The fraction of sp³-hybridized carbons (Fsp3) is 0.500. The van der Waals surface area contributed by atoms with Crippen molar-refractivity contribution >= 4 is 29.3 Å². The highest BCUT2D eigenvalue weighted by Gasteiger charge is 2.37. The minimum atomic E-state index is -0.806. The number of carbonyl (C=O) groups is 2. The van der Waals surface area contributed by atoms with E-state index in [1.54, 1.807) is 12.1 Å². The first-order chi connectivity index (χ1) is 25.3. The van der Waals surface area contributed by atoms with E-state index >= 15 is 0 Å². The minimum Gasteiger partial charge on any atom is -0.493 e. The average molecular weight is 738 g/mol.